The fraction of sp³-hybridized carbons (Fsp3) is 0.550. The monoisotopic (exact) mass is 320 g/mol. The van der Waals surface area contributed by atoms with E-state index in [1.807, 2.05) is 18.2 Å². The maximum Gasteiger partial charge on any atom is 0.303 e. The lowest BCUT2D eigenvalue weighted by Gasteiger charge is -2.02. The molecular formula is C20H32O3. The Balaban J connectivity index is 3.53. The predicted octanol–water partition coefficient (Wildman–Crippen LogP) is 5.19. The molecule has 0 rings (SSSR count). The lowest BCUT2D eigenvalue weighted by atomic mass is 10.1. The van der Waals surface area contributed by atoms with E-state index in [1.165, 1.54) is 0 Å². The van der Waals surface area contributed by atoms with Crippen LogP contribution >= 0.6 is 0 Å². The van der Waals surface area contributed by atoms with Crippen LogP contribution in [0.4, 0.5) is 0 Å². The van der Waals surface area contributed by atoms with Gasteiger partial charge in [-0.2, -0.15) is 0 Å². The fourth-order valence-corrected chi connectivity index (χ4v) is 1.95. The van der Waals surface area contributed by atoms with Crippen molar-refractivity contribution in [3.63, 3.8) is 0 Å². The SMILES string of the molecule is CCCCC(O)/C=C\C/C=C/C/C=C\C/C=C\CCCC(=O)O. The van der Waals surface area contributed by atoms with Crippen molar-refractivity contribution in [3.05, 3.63) is 48.6 Å². The summed E-state index contributed by atoms with van der Waals surface area (Å²) < 4.78 is 0. The van der Waals surface area contributed by atoms with Crippen molar-refractivity contribution in [2.24, 2.45) is 0 Å². The van der Waals surface area contributed by atoms with Crippen LogP contribution in [0.1, 0.15) is 64.7 Å². The zero-order valence-electron chi connectivity index (χ0n) is 14.4. The minimum Gasteiger partial charge on any atom is -0.481 e. The smallest absolute Gasteiger partial charge is 0.303 e. The Bertz CT molecular complexity index is 392. The molecule has 2 N–H and O–H groups in total. The van der Waals surface area contributed by atoms with Crippen LogP contribution < -0.4 is 0 Å². The van der Waals surface area contributed by atoms with Crippen LogP contribution in [0.25, 0.3) is 0 Å². The standard InChI is InChI=1S/C20H32O3/c1-2-3-16-19(21)17-14-12-10-8-6-4-5-7-9-11-13-15-18-20(22)23/h4-5,8-11,14,17,19,21H,2-3,6-7,12-13,15-16,18H2,1H3,(H,22,23)/b5-4-,10-8+,11-9-,17-14-. The van der Waals surface area contributed by atoms with E-state index in [9.17, 15) is 9.90 Å². The first-order chi connectivity index (χ1) is 11.2. The molecule has 0 aliphatic heterocycles. The molecule has 0 saturated carbocycles. The summed E-state index contributed by atoms with van der Waals surface area (Å²) in [6.07, 6.45) is 23.7. The predicted molar refractivity (Wildman–Crippen MR) is 97.4 cm³/mol. The zero-order chi connectivity index (χ0) is 17.2. The molecule has 1 atom stereocenters. The van der Waals surface area contributed by atoms with Gasteiger partial charge in [0, 0.05) is 6.42 Å². The zero-order valence-corrected chi connectivity index (χ0v) is 14.4. The van der Waals surface area contributed by atoms with Gasteiger partial charge in [-0.05, 0) is 38.5 Å². The Morgan fingerprint density at radius 1 is 0.913 bits per heavy atom. The summed E-state index contributed by atoms with van der Waals surface area (Å²) in [6.45, 7) is 2.13. The van der Waals surface area contributed by atoms with Crippen LogP contribution in [0.5, 0.6) is 0 Å². The molecule has 3 heteroatoms. The molecule has 0 radical (unpaired) electrons. The van der Waals surface area contributed by atoms with Gasteiger partial charge in [0.15, 0.2) is 0 Å². The molecule has 0 aliphatic carbocycles. The van der Waals surface area contributed by atoms with Crippen LogP contribution in [0.3, 0.4) is 0 Å². The van der Waals surface area contributed by atoms with Crippen molar-refractivity contribution >= 4 is 5.97 Å². The van der Waals surface area contributed by atoms with Gasteiger partial charge in [-0.3, -0.25) is 4.79 Å². The summed E-state index contributed by atoms with van der Waals surface area (Å²) >= 11 is 0. The van der Waals surface area contributed by atoms with Crippen LogP contribution in [0.15, 0.2) is 48.6 Å². The molecule has 0 aliphatic rings. The minimum absolute atomic E-state index is 0.245. The normalized spacial score (nSPS) is 13.8. The molecule has 0 amide bonds. The summed E-state index contributed by atoms with van der Waals surface area (Å²) in [5.74, 6) is -0.726. The number of carboxylic acids is 1. The van der Waals surface area contributed by atoms with Crippen molar-refractivity contribution < 1.29 is 15.0 Å². The lowest BCUT2D eigenvalue weighted by molar-refractivity contribution is -0.137. The second-order valence-electron chi connectivity index (χ2n) is 5.55. The fourth-order valence-electron chi connectivity index (χ4n) is 1.95. The number of rotatable bonds is 14. The summed E-state index contributed by atoms with van der Waals surface area (Å²) in [7, 11) is 0. The van der Waals surface area contributed by atoms with E-state index in [1.54, 1.807) is 0 Å². The molecule has 1 unspecified atom stereocenters. The third-order valence-corrected chi connectivity index (χ3v) is 3.29. The quantitative estimate of drug-likeness (QED) is 0.342. The van der Waals surface area contributed by atoms with Gasteiger partial charge in [-0.25, -0.2) is 0 Å². The maximum atomic E-state index is 10.3. The summed E-state index contributed by atoms with van der Waals surface area (Å²) in [5.41, 5.74) is 0. The molecule has 23 heavy (non-hydrogen) atoms. The first-order valence-electron chi connectivity index (χ1n) is 8.68. The van der Waals surface area contributed by atoms with Gasteiger partial charge in [0.25, 0.3) is 0 Å². The molecule has 0 heterocycles. The second-order valence-corrected chi connectivity index (χ2v) is 5.55. The van der Waals surface area contributed by atoms with Gasteiger partial charge in [-0.15, -0.1) is 0 Å². The van der Waals surface area contributed by atoms with E-state index < -0.39 is 5.97 Å². The van der Waals surface area contributed by atoms with Crippen LogP contribution in [0, 0.1) is 0 Å². The molecular weight excluding hydrogens is 288 g/mol. The van der Waals surface area contributed by atoms with Crippen LogP contribution in [-0.4, -0.2) is 22.3 Å². The third kappa shape index (κ3) is 18.3. The molecule has 0 aromatic carbocycles. The highest BCUT2D eigenvalue weighted by Gasteiger charge is 1.95. The lowest BCUT2D eigenvalue weighted by Crippen LogP contribution is -2.00. The van der Waals surface area contributed by atoms with Crippen molar-refractivity contribution in [3.8, 4) is 0 Å². The average Bonchev–Trinajstić information content (AvgIpc) is 2.52. The number of aliphatic hydroxyl groups is 1. The van der Waals surface area contributed by atoms with Crippen LogP contribution in [0.2, 0.25) is 0 Å². The van der Waals surface area contributed by atoms with E-state index in [0.29, 0.717) is 6.42 Å². The summed E-state index contributed by atoms with van der Waals surface area (Å²) in [6, 6.07) is 0. The Morgan fingerprint density at radius 2 is 1.48 bits per heavy atom. The maximum absolute atomic E-state index is 10.3. The average molecular weight is 320 g/mol. The second kappa shape index (κ2) is 16.8. The number of aliphatic carboxylic acids is 1. The van der Waals surface area contributed by atoms with Gasteiger partial charge in [0.1, 0.15) is 0 Å². The summed E-state index contributed by atoms with van der Waals surface area (Å²) in [5, 5.41) is 18.1. The molecule has 0 spiro atoms. The largest absolute Gasteiger partial charge is 0.481 e. The van der Waals surface area contributed by atoms with Gasteiger partial charge < -0.3 is 10.2 Å². The molecule has 0 bridgehead atoms. The van der Waals surface area contributed by atoms with E-state index in [4.69, 9.17) is 5.11 Å². The van der Waals surface area contributed by atoms with E-state index in [-0.39, 0.29) is 12.5 Å². The van der Waals surface area contributed by atoms with Crippen LogP contribution in [-0.2, 0) is 4.79 Å². The Kier molecular flexibility index (Phi) is 15.6. The van der Waals surface area contributed by atoms with Crippen molar-refractivity contribution in [1.82, 2.24) is 0 Å². The molecule has 0 fully saturated rings. The summed E-state index contributed by atoms with van der Waals surface area (Å²) in [4.78, 5) is 10.3. The van der Waals surface area contributed by atoms with E-state index >= 15 is 0 Å². The van der Waals surface area contributed by atoms with Crippen molar-refractivity contribution in [2.75, 3.05) is 0 Å². The number of hydrogen-bond acceptors (Lipinski definition) is 2. The molecule has 3 nitrogen and oxygen atoms in total. The van der Waals surface area contributed by atoms with Gasteiger partial charge >= 0.3 is 5.97 Å². The number of allylic oxidation sites excluding steroid dienone is 7. The highest BCUT2D eigenvalue weighted by molar-refractivity contribution is 5.66. The van der Waals surface area contributed by atoms with E-state index in [0.717, 1.165) is 44.9 Å². The van der Waals surface area contributed by atoms with Gasteiger partial charge in [0.05, 0.1) is 6.10 Å². The van der Waals surface area contributed by atoms with E-state index in [2.05, 4.69) is 37.3 Å². The highest BCUT2D eigenvalue weighted by atomic mass is 16.4. The molecule has 0 aromatic rings. The van der Waals surface area contributed by atoms with Gasteiger partial charge in [-0.1, -0.05) is 68.4 Å². The Hall–Kier alpha value is -1.61. The molecule has 0 saturated heterocycles. The number of aliphatic hydroxyl groups excluding tert-OH is 1. The number of unbranched alkanes of at least 4 members (excludes halogenated alkanes) is 2. The topological polar surface area (TPSA) is 57.5 Å². The van der Waals surface area contributed by atoms with Crippen molar-refractivity contribution in [2.45, 2.75) is 70.8 Å². The number of carbonyl (C=O) groups is 1. The Labute approximate surface area is 141 Å². The third-order valence-electron chi connectivity index (χ3n) is 3.29. The molecule has 0 aromatic heterocycles. The first kappa shape index (κ1) is 21.4. The molecule has 130 valence electrons. The van der Waals surface area contributed by atoms with Crippen molar-refractivity contribution in [1.29, 1.82) is 0 Å². The first-order valence-corrected chi connectivity index (χ1v) is 8.68. The number of carboxylic acid groups (broad SMARTS) is 1. The van der Waals surface area contributed by atoms with Gasteiger partial charge in [0.2, 0.25) is 0 Å². The Morgan fingerprint density at radius 3 is 2.04 bits per heavy atom. The highest BCUT2D eigenvalue weighted by Crippen LogP contribution is 2.02. The minimum atomic E-state index is -0.726. The number of hydrogen-bond donors (Lipinski definition) is 2.